The molecule has 4 unspecified atom stereocenters. The molecule has 29 heavy (non-hydrogen) atoms. The molecule has 0 radical (unpaired) electrons. The van der Waals surface area contributed by atoms with Gasteiger partial charge in [-0.05, 0) is 31.6 Å². The maximum absolute atomic E-state index is 13.1. The summed E-state index contributed by atoms with van der Waals surface area (Å²) in [5, 5.41) is 0. The first-order chi connectivity index (χ1) is 14.2. The molecule has 3 nitrogen and oxygen atoms in total. The van der Waals surface area contributed by atoms with E-state index < -0.39 is 0 Å². The molecular weight excluding hydrogens is 360 g/mol. The Morgan fingerprint density at radius 2 is 1.69 bits per heavy atom. The SMILES string of the molecule is CCCCCCCCC1OC12CCCCCCC2C(=O)OCC(CC)CCCC. The second-order valence-corrected chi connectivity index (χ2v) is 9.67. The Morgan fingerprint density at radius 3 is 2.45 bits per heavy atom. The highest BCUT2D eigenvalue weighted by Gasteiger charge is 2.62. The van der Waals surface area contributed by atoms with Crippen LogP contribution in [0.2, 0.25) is 0 Å². The average Bonchev–Trinajstić information content (AvgIpc) is 3.42. The van der Waals surface area contributed by atoms with Gasteiger partial charge in [0.1, 0.15) is 5.60 Å². The van der Waals surface area contributed by atoms with Crippen LogP contribution in [0.4, 0.5) is 0 Å². The molecule has 1 aliphatic heterocycles. The Morgan fingerprint density at radius 1 is 0.966 bits per heavy atom. The topological polar surface area (TPSA) is 38.8 Å². The second-order valence-electron chi connectivity index (χ2n) is 9.67. The molecule has 4 atom stereocenters. The molecule has 0 bridgehead atoms. The van der Waals surface area contributed by atoms with Gasteiger partial charge in [-0.15, -0.1) is 0 Å². The van der Waals surface area contributed by atoms with E-state index in [0.29, 0.717) is 18.6 Å². The number of esters is 1. The standard InChI is InChI=1S/C26H48O3/c1-4-7-9-10-11-15-19-24-26(29-24)20-16-13-12-14-18-23(26)25(27)28-21-22(6-3)17-8-5-2/h22-24H,4-21H2,1-3H3. The molecule has 0 aromatic heterocycles. The van der Waals surface area contributed by atoms with Crippen LogP contribution in [-0.2, 0) is 14.3 Å². The first-order valence-corrected chi connectivity index (χ1v) is 13.0. The average molecular weight is 409 g/mol. The van der Waals surface area contributed by atoms with Crippen molar-refractivity contribution < 1.29 is 14.3 Å². The van der Waals surface area contributed by atoms with Crippen LogP contribution in [-0.4, -0.2) is 24.3 Å². The third-order valence-corrected chi connectivity index (χ3v) is 7.36. The molecule has 0 amide bonds. The summed E-state index contributed by atoms with van der Waals surface area (Å²) < 4.78 is 12.2. The quantitative estimate of drug-likeness (QED) is 0.169. The van der Waals surface area contributed by atoms with Crippen molar-refractivity contribution in [3.05, 3.63) is 0 Å². The van der Waals surface area contributed by atoms with E-state index in [1.54, 1.807) is 0 Å². The molecular formula is C26H48O3. The largest absolute Gasteiger partial charge is 0.465 e. The minimum absolute atomic E-state index is 0.0310. The predicted octanol–water partition coefficient (Wildman–Crippen LogP) is 7.60. The summed E-state index contributed by atoms with van der Waals surface area (Å²) in [6.07, 6.45) is 20.9. The predicted molar refractivity (Wildman–Crippen MR) is 121 cm³/mol. The van der Waals surface area contributed by atoms with Crippen LogP contribution in [0, 0.1) is 11.8 Å². The number of carbonyl (C=O) groups excluding carboxylic acids is 1. The molecule has 3 heteroatoms. The summed E-state index contributed by atoms with van der Waals surface area (Å²) in [6, 6.07) is 0. The molecule has 2 aliphatic rings. The van der Waals surface area contributed by atoms with Crippen molar-refractivity contribution in [1.29, 1.82) is 0 Å². The van der Waals surface area contributed by atoms with Gasteiger partial charge in [-0.3, -0.25) is 4.79 Å². The Bertz CT molecular complexity index is 449. The van der Waals surface area contributed by atoms with Gasteiger partial charge < -0.3 is 9.47 Å². The monoisotopic (exact) mass is 408 g/mol. The van der Waals surface area contributed by atoms with Gasteiger partial charge >= 0.3 is 5.97 Å². The van der Waals surface area contributed by atoms with Gasteiger partial charge in [-0.25, -0.2) is 0 Å². The van der Waals surface area contributed by atoms with E-state index in [-0.39, 0.29) is 17.5 Å². The van der Waals surface area contributed by atoms with E-state index in [0.717, 1.165) is 32.1 Å². The van der Waals surface area contributed by atoms with E-state index in [4.69, 9.17) is 9.47 Å². The number of unbranched alkanes of at least 4 members (excludes halogenated alkanes) is 6. The van der Waals surface area contributed by atoms with Crippen molar-refractivity contribution in [3.8, 4) is 0 Å². The summed E-state index contributed by atoms with van der Waals surface area (Å²) in [5.74, 6) is 0.520. The maximum atomic E-state index is 13.1. The van der Waals surface area contributed by atoms with Crippen LogP contribution in [0.15, 0.2) is 0 Å². The van der Waals surface area contributed by atoms with Crippen molar-refractivity contribution >= 4 is 5.97 Å². The number of epoxide rings is 1. The fourth-order valence-electron chi connectivity index (χ4n) is 5.21. The Kier molecular flexibility index (Phi) is 11.6. The maximum Gasteiger partial charge on any atom is 0.311 e. The fraction of sp³-hybridized carbons (Fsp3) is 0.962. The molecule has 0 aromatic rings. The number of rotatable bonds is 14. The van der Waals surface area contributed by atoms with Gasteiger partial charge in [0.25, 0.3) is 0 Å². The lowest BCUT2D eigenvalue weighted by molar-refractivity contribution is -0.153. The fourth-order valence-corrected chi connectivity index (χ4v) is 5.21. The molecule has 0 N–H and O–H groups in total. The van der Waals surface area contributed by atoms with Gasteiger partial charge in [0.2, 0.25) is 0 Å². The van der Waals surface area contributed by atoms with E-state index >= 15 is 0 Å². The van der Waals surface area contributed by atoms with Gasteiger partial charge in [-0.2, -0.15) is 0 Å². The van der Waals surface area contributed by atoms with Crippen LogP contribution in [0.3, 0.4) is 0 Å². The third kappa shape index (κ3) is 7.89. The lowest BCUT2D eigenvalue weighted by atomic mass is 9.78. The summed E-state index contributed by atoms with van der Waals surface area (Å²) in [6.45, 7) is 7.31. The smallest absolute Gasteiger partial charge is 0.311 e. The summed E-state index contributed by atoms with van der Waals surface area (Å²) in [5.41, 5.74) is -0.188. The number of carbonyl (C=O) groups is 1. The summed E-state index contributed by atoms with van der Waals surface area (Å²) >= 11 is 0. The minimum atomic E-state index is -0.188. The van der Waals surface area contributed by atoms with Gasteiger partial charge in [0.15, 0.2) is 0 Å². The van der Waals surface area contributed by atoms with Crippen LogP contribution < -0.4 is 0 Å². The van der Waals surface area contributed by atoms with E-state index in [1.807, 2.05) is 0 Å². The van der Waals surface area contributed by atoms with Crippen LogP contribution in [0.25, 0.3) is 0 Å². The Labute approximate surface area is 180 Å². The first-order valence-electron chi connectivity index (χ1n) is 13.0. The van der Waals surface area contributed by atoms with E-state index in [9.17, 15) is 4.79 Å². The highest BCUT2D eigenvalue weighted by atomic mass is 16.6. The summed E-state index contributed by atoms with van der Waals surface area (Å²) in [7, 11) is 0. The van der Waals surface area contributed by atoms with E-state index in [1.165, 1.54) is 77.0 Å². The molecule has 0 aromatic carbocycles. The number of hydrogen-bond donors (Lipinski definition) is 0. The molecule has 1 heterocycles. The highest BCUT2D eigenvalue weighted by molar-refractivity contribution is 5.74. The third-order valence-electron chi connectivity index (χ3n) is 7.36. The molecule has 1 saturated heterocycles. The number of ether oxygens (including phenoxy) is 2. The van der Waals surface area contributed by atoms with Crippen molar-refractivity contribution in [2.24, 2.45) is 11.8 Å². The molecule has 1 spiro atoms. The van der Waals surface area contributed by atoms with Gasteiger partial charge in [0.05, 0.1) is 18.6 Å². The lowest BCUT2D eigenvalue weighted by Gasteiger charge is -2.27. The summed E-state index contributed by atoms with van der Waals surface area (Å²) in [4.78, 5) is 13.1. The molecule has 1 saturated carbocycles. The van der Waals surface area contributed by atoms with Crippen LogP contribution >= 0.6 is 0 Å². The zero-order valence-electron chi connectivity index (χ0n) is 19.7. The van der Waals surface area contributed by atoms with Crippen molar-refractivity contribution in [2.75, 3.05) is 6.61 Å². The number of hydrogen-bond acceptors (Lipinski definition) is 3. The Hall–Kier alpha value is -0.570. The van der Waals surface area contributed by atoms with E-state index in [2.05, 4.69) is 20.8 Å². The molecule has 2 rings (SSSR count). The van der Waals surface area contributed by atoms with Crippen molar-refractivity contribution in [2.45, 2.75) is 142 Å². The lowest BCUT2D eigenvalue weighted by Crippen LogP contribution is -2.36. The first kappa shape index (κ1) is 24.7. The van der Waals surface area contributed by atoms with Gasteiger partial charge in [0, 0.05) is 0 Å². The van der Waals surface area contributed by atoms with Crippen molar-refractivity contribution in [3.63, 3.8) is 0 Å². The highest BCUT2D eigenvalue weighted by Crippen LogP contribution is 2.52. The zero-order chi connectivity index (χ0) is 21.0. The minimum Gasteiger partial charge on any atom is -0.465 e. The normalized spacial score (nSPS) is 28.0. The van der Waals surface area contributed by atoms with Crippen LogP contribution in [0.5, 0.6) is 0 Å². The zero-order valence-corrected chi connectivity index (χ0v) is 19.7. The Balaban J connectivity index is 1.85. The molecule has 170 valence electrons. The molecule has 2 fully saturated rings. The molecule has 1 aliphatic carbocycles. The van der Waals surface area contributed by atoms with Crippen molar-refractivity contribution in [1.82, 2.24) is 0 Å². The second kappa shape index (κ2) is 13.7. The van der Waals surface area contributed by atoms with Gasteiger partial charge in [-0.1, -0.05) is 104 Å². The van der Waals surface area contributed by atoms with Crippen LogP contribution in [0.1, 0.15) is 130 Å².